The lowest BCUT2D eigenvalue weighted by Crippen LogP contribution is -2.59. The second-order valence-corrected chi connectivity index (χ2v) is 32.1. The van der Waals surface area contributed by atoms with Crippen molar-refractivity contribution in [1.29, 1.82) is 0 Å². The van der Waals surface area contributed by atoms with E-state index < -0.39 is 51.1 Å². The molecule has 0 fully saturated rings. The van der Waals surface area contributed by atoms with Gasteiger partial charge in [0.1, 0.15) is 0 Å². The lowest BCUT2D eigenvalue weighted by Gasteiger charge is -2.42. The smallest absolute Gasteiger partial charge is 0.320 e. The van der Waals surface area contributed by atoms with Gasteiger partial charge in [0.2, 0.25) is 0 Å². The molecule has 0 spiro atoms. The second kappa shape index (κ2) is 8.20. The first-order valence-electron chi connectivity index (χ1n) is 8.76. The summed E-state index contributed by atoms with van der Waals surface area (Å²) in [5.41, 5.74) is 0. The van der Waals surface area contributed by atoms with E-state index in [1.165, 1.54) is 0 Å². The van der Waals surface area contributed by atoms with E-state index in [9.17, 15) is 4.80 Å². The van der Waals surface area contributed by atoms with Crippen molar-refractivity contribution in [2.45, 2.75) is 85.1 Å². The molecule has 0 amide bonds. The van der Waals surface area contributed by atoms with Gasteiger partial charge in [-0.15, -0.1) is 0 Å². The Morgan fingerprint density at radius 2 is 0.640 bits per heavy atom. The van der Waals surface area contributed by atoms with Crippen LogP contribution in [-0.4, -0.2) is 55.9 Å². The highest BCUT2D eigenvalue weighted by atomic mass is 28.5. The molecule has 25 heavy (non-hydrogen) atoms. The topological polar surface area (TPSA) is 66.4 Å². The minimum atomic E-state index is -2.64. The van der Waals surface area contributed by atoms with Crippen LogP contribution in [-0.2, 0) is 20.6 Å². The molecule has 0 bridgehead atoms. The molecule has 152 valence electrons. The highest BCUT2D eigenvalue weighted by Gasteiger charge is 2.46. The van der Waals surface area contributed by atoms with Crippen molar-refractivity contribution in [3.05, 3.63) is 0 Å². The van der Waals surface area contributed by atoms with Crippen molar-refractivity contribution in [3.63, 3.8) is 0 Å². The van der Waals surface area contributed by atoms with Gasteiger partial charge in [0.15, 0.2) is 8.32 Å². The Kier molecular flexibility index (Phi) is 8.55. The van der Waals surface area contributed by atoms with Crippen molar-refractivity contribution in [1.82, 2.24) is 0 Å². The zero-order valence-corrected chi connectivity index (χ0v) is 24.5. The molecule has 1 N–H and O–H groups in total. The zero-order valence-electron chi connectivity index (χ0n) is 18.5. The maximum atomic E-state index is 10.1. The summed E-state index contributed by atoms with van der Waals surface area (Å²) >= 11 is 0. The van der Waals surface area contributed by atoms with Gasteiger partial charge in [-0.05, 0) is 85.1 Å². The van der Waals surface area contributed by atoms with Gasteiger partial charge in [0.25, 0.3) is 0 Å². The molecule has 0 saturated carbocycles. The summed E-state index contributed by atoms with van der Waals surface area (Å²) in [5.74, 6) is 0. The van der Waals surface area contributed by atoms with Crippen LogP contribution >= 0.6 is 0 Å². The van der Waals surface area contributed by atoms with Gasteiger partial charge in [-0.25, -0.2) is 0 Å². The molecule has 0 aromatic heterocycles. The molecule has 0 heterocycles. The Hall–Kier alpha value is 1.06. The van der Waals surface area contributed by atoms with Gasteiger partial charge in [-0.1, -0.05) is 0 Å². The minimum Gasteiger partial charge on any atom is -0.437 e. The van der Waals surface area contributed by atoms with Crippen LogP contribution in [0.1, 0.15) is 0 Å². The zero-order chi connectivity index (χ0) is 20.5. The van der Waals surface area contributed by atoms with E-state index >= 15 is 0 Å². The van der Waals surface area contributed by atoms with Crippen LogP contribution in [0.5, 0.6) is 0 Å². The monoisotopic (exact) mass is 460 g/mol. The fourth-order valence-corrected chi connectivity index (χ4v) is 30.3. The van der Waals surface area contributed by atoms with Crippen molar-refractivity contribution in [3.8, 4) is 0 Å². The predicted molar refractivity (Wildman–Crippen MR) is 118 cm³/mol. The number of rotatable bonds is 10. The Morgan fingerprint density at radius 3 is 0.880 bits per heavy atom. The number of hydrogen-bond acceptors (Lipinski definition) is 6. The SMILES string of the molecule is C[Si](C)(C)O[Si](C)(C)O[Si](C)(C)O[Si](C)(C)O[Si](C)(C)O[Si](C)(C)O. The van der Waals surface area contributed by atoms with Gasteiger partial charge in [0, 0.05) is 0 Å². The average Bonchev–Trinajstić information content (AvgIpc) is 1.97. The highest BCUT2D eigenvalue weighted by molar-refractivity contribution is 6.90. The van der Waals surface area contributed by atoms with Crippen LogP contribution in [0.25, 0.3) is 0 Å². The molecule has 0 unspecified atom stereocenters. The summed E-state index contributed by atoms with van der Waals surface area (Å²) in [6, 6.07) is 0. The summed E-state index contributed by atoms with van der Waals surface area (Å²) in [6.45, 7) is 26.2. The fourth-order valence-electron chi connectivity index (χ4n) is 3.20. The molecule has 0 aliphatic carbocycles. The molecular formula is C13H40O6Si6. The maximum Gasteiger partial charge on any atom is 0.320 e. The Morgan fingerprint density at radius 1 is 0.400 bits per heavy atom. The second-order valence-electron chi connectivity index (χ2n) is 9.67. The van der Waals surface area contributed by atoms with E-state index in [1.54, 1.807) is 13.1 Å². The first kappa shape index (κ1) is 26.1. The van der Waals surface area contributed by atoms with E-state index in [4.69, 9.17) is 20.6 Å². The summed E-state index contributed by atoms with van der Waals surface area (Å²) in [7, 11) is -13.9. The van der Waals surface area contributed by atoms with Crippen LogP contribution in [0.3, 0.4) is 0 Å². The van der Waals surface area contributed by atoms with Crippen molar-refractivity contribution >= 4 is 51.1 Å². The molecule has 0 radical (unpaired) electrons. The van der Waals surface area contributed by atoms with E-state index in [0.717, 1.165) is 0 Å². The van der Waals surface area contributed by atoms with Crippen LogP contribution < -0.4 is 0 Å². The third-order valence-corrected chi connectivity index (χ3v) is 22.7. The summed E-state index contributed by atoms with van der Waals surface area (Å²) in [4.78, 5) is 10.1. The average molecular weight is 461 g/mol. The molecule has 0 saturated heterocycles. The van der Waals surface area contributed by atoms with E-state index in [0.29, 0.717) is 0 Å². The van der Waals surface area contributed by atoms with Gasteiger partial charge in [-0.2, -0.15) is 0 Å². The first-order chi connectivity index (χ1) is 10.5. The van der Waals surface area contributed by atoms with Crippen LogP contribution in [0.4, 0.5) is 0 Å². The first-order valence-corrected chi connectivity index (χ1v) is 26.3. The maximum absolute atomic E-state index is 10.1. The van der Waals surface area contributed by atoms with Gasteiger partial charge in [-0.3, -0.25) is 0 Å². The molecule has 0 aliphatic heterocycles. The third kappa shape index (κ3) is 13.8. The molecule has 0 atom stereocenters. The van der Waals surface area contributed by atoms with E-state index in [2.05, 4.69) is 32.7 Å². The van der Waals surface area contributed by atoms with Gasteiger partial charge < -0.3 is 25.4 Å². The van der Waals surface area contributed by atoms with Gasteiger partial charge in [0.05, 0.1) is 0 Å². The largest absolute Gasteiger partial charge is 0.437 e. The summed E-state index contributed by atoms with van der Waals surface area (Å²) in [5, 5.41) is 0. The van der Waals surface area contributed by atoms with E-state index in [1.807, 2.05) is 39.3 Å². The Balaban J connectivity index is 5.01. The Bertz CT molecular complexity index is 401. The molecule has 12 heteroatoms. The van der Waals surface area contributed by atoms with Crippen LogP contribution in [0.15, 0.2) is 0 Å². The third-order valence-electron chi connectivity index (χ3n) is 2.52. The quantitative estimate of drug-likeness (QED) is 0.487. The lowest BCUT2D eigenvalue weighted by molar-refractivity contribution is 0.270. The molecule has 0 aliphatic rings. The molecule has 6 nitrogen and oxygen atoms in total. The van der Waals surface area contributed by atoms with Crippen molar-refractivity contribution in [2.24, 2.45) is 0 Å². The molecule has 0 rings (SSSR count). The standard InChI is InChI=1S/C13H40O6Si6/c1-20(2,3)15-22(6,7)17-24(10,11)19-25(12,13)18-23(8,9)16-21(4,5)14/h14H,1-13H3. The van der Waals surface area contributed by atoms with E-state index in [-0.39, 0.29) is 0 Å². The van der Waals surface area contributed by atoms with Crippen LogP contribution in [0, 0.1) is 0 Å². The number of hydrogen-bond donors (Lipinski definition) is 1. The molecule has 0 aromatic carbocycles. The van der Waals surface area contributed by atoms with Crippen molar-refractivity contribution in [2.75, 3.05) is 0 Å². The molecule has 0 aromatic rings. The van der Waals surface area contributed by atoms with Gasteiger partial charge >= 0.3 is 42.8 Å². The van der Waals surface area contributed by atoms with Crippen LogP contribution in [0.2, 0.25) is 85.1 Å². The normalized spacial score (nSPS) is 15.6. The lowest BCUT2D eigenvalue weighted by atomic mass is 11.8. The van der Waals surface area contributed by atoms with Crippen molar-refractivity contribution < 1.29 is 25.4 Å². The summed E-state index contributed by atoms with van der Waals surface area (Å²) < 4.78 is 31.3. The highest BCUT2D eigenvalue weighted by Crippen LogP contribution is 2.26. The summed E-state index contributed by atoms with van der Waals surface area (Å²) in [6.07, 6.45) is 0. The minimum absolute atomic E-state index is 1.67. The molecular weight excluding hydrogens is 421 g/mol. The predicted octanol–water partition coefficient (Wildman–Crippen LogP) is 4.41. The Labute approximate surface area is 161 Å². The fraction of sp³-hybridized carbons (Fsp3) is 1.00.